The van der Waals surface area contributed by atoms with Gasteiger partial charge in [-0.2, -0.15) is 0 Å². The third kappa shape index (κ3) is 3.23. The number of hydrogen-bond acceptors (Lipinski definition) is 2. The van der Waals surface area contributed by atoms with Gasteiger partial charge in [0.25, 0.3) is 0 Å². The lowest BCUT2D eigenvalue weighted by atomic mass is 10.1. The van der Waals surface area contributed by atoms with Gasteiger partial charge < -0.3 is 5.73 Å². The molecule has 0 spiro atoms. The van der Waals surface area contributed by atoms with Crippen LogP contribution in [-0.2, 0) is 6.54 Å². The summed E-state index contributed by atoms with van der Waals surface area (Å²) in [5.74, 6) is 0.469. The van der Waals surface area contributed by atoms with Crippen LogP contribution in [0, 0.1) is 11.7 Å². The van der Waals surface area contributed by atoms with E-state index in [0.717, 1.165) is 31.1 Å². The van der Waals surface area contributed by atoms with Crippen molar-refractivity contribution in [3.63, 3.8) is 0 Å². The Bertz CT molecular complexity index is 433. The molecule has 1 aromatic rings. The van der Waals surface area contributed by atoms with Gasteiger partial charge in [-0.1, -0.05) is 19.1 Å². The average Bonchev–Trinajstić information content (AvgIpc) is 2.63. The van der Waals surface area contributed by atoms with Crippen molar-refractivity contribution in [1.29, 1.82) is 0 Å². The van der Waals surface area contributed by atoms with Crippen molar-refractivity contribution in [3.8, 4) is 0 Å². The molecule has 2 rings (SSSR count). The van der Waals surface area contributed by atoms with Crippen LogP contribution in [0.4, 0.5) is 4.39 Å². The minimum absolute atomic E-state index is 0.250. The van der Waals surface area contributed by atoms with Crippen LogP contribution < -0.4 is 5.73 Å². The van der Waals surface area contributed by atoms with Crippen molar-refractivity contribution >= 4 is 17.2 Å². The second kappa shape index (κ2) is 5.10. The van der Waals surface area contributed by atoms with Crippen LogP contribution in [0.3, 0.4) is 0 Å². The van der Waals surface area contributed by atoms with E-state index in [2.05, 4.69) is 11.8 Å². The number of likely N-dealkylation sites (tertiary alicyclic amines) is 1. The molecule has 92 valence electrons. The smallest absolute Gasteiger partial charge is 0.124 e. The van der Waals surface area contributed by atoms with Gasteiger partial charge >= 0.3 is 0 Å². The van der Waals surface area contributed by atoms with Crippen LogP contribution in [0.2, 0.25) is 0 Å². The third-order valence-electron chi connectivity index (χ3n) is 3.16. The number of nitrogens with zero attached hydrogens (tertiary/aromatic N) is 1. The zero-order valence-corrected chi connectivity index (χ0v) is 10.8. The van der Waals surface area contributed by atoms with Crippen LogP contribution in [-0.4, -0.2) is 23.0 Å². The first-order valence-corrected chi connectivity index (χ1v) is 6.27. The summed E-state index contributed by atoms with van der Waals surface area (Å²) in [6.07, 6.45) is 1.22. The van der Waals surface area contributed by atoms with Crippen molar-refractivity contribution in [3.05, 3.63) is 35.1 Å². The number of benzene rings is 1. The average molecular weight is 252 g/mol. The molecule has 1 saturated heterocycles. The van der Waals surface area contributed by atoms with Crippen LogP contribution in [0.15, 0.2) is 18.2 Å². The van der Waals surface area contributed by atoms with Crippen LogP contribution in [0.1, 0.15) is 24.5 Å². The molecule has 1 heterocycles. The molecule has 0 bridgehead atoms. The van der Waals surface area contributed by atoms with E-state index in [1.54, 1.807) is 6.07 Å². The van der Waals surface area contributed by atoms with Crippen molar-refractivity contribution < 1.29 is 4.39 Å². The number of halogens is 1. The molecule has 0 radical (unpaired) electrons. The minimum Gasteiger partial charge on any atom is -0.389 e. The molecule has 1 fully saturated rings. The number of thiocarbonyl (C=S) groups is 1. The van der Waals surface area contributed by atoms with Gasteiger partial charge in [0, 0.05) is 18.7 Å². The summed E-state index contributed by atoms with van der Waals surface area (Å²) in [5, 5.41) is 0. The van der Waals surface area contributed by atoms with E-state index in [4.69, 9.17) is 18.0 Å². The molecule has 0 saturated carbocycles. The van der Waals surface area contributed by atoms with Gasteiger partial charge in [-0.25, -0.2) is 4.39 Å². The maximum Gasteiger partial charge on any atom is 0.124 e. The van der Waals surface area contributed by atoms with E-state index in [1.165, 1.54) is 12.5 Å². The van der Waals surface area contributed by atoms with Crippen LogP contribution >= 0.6 is 12.2 Å². The first-order chi connectivity index (χ1) is 8.04. The molecule has 17 heavy (non-hydrogen) atoms. The SMILES string of the molecule is CC1CCN(Cc2cc(F)cc(C(N)=S)c2)C1. The Hall–Kier alpha value is -1.00. The highest BCUT2D eigenvalue weighted by molar-refractivity contribution is 7.80. The van der Waals surface area contributed by atoms with E-state index in [-0.39, 0.29) is 10.8 Å². The summed E-state index contributed by atoms with van der Waals surface area (Å²) in [6, 6.07) is 4.83. The highest BCUT2D eigenvalue weighted by Crippen LogP contribution is 2.19. The second-order valence-electron chi connectivity index (χ2n) is 4.84. The Morgan fingerprint density at radius 3 is 2.88 bits per heavy atom. The Morgan fingerprint density at radius 1 is 1.53 bits per heavy atom. The Kier molecular flexibility index (Phi) is 3.74. The van der Waals surface area contributed by atoms with Crippen molar-refractivity contribution in [2.24, 2.45) is 11.7 Å². The van der Waals surface area contributed by atoms with Gasteiger partial charge in [0.15, 0.2) is 0 Å². The van der Waals surface area contributed by atoms with Crippen molar-refractivity contribution in [1.82, 2.24) is 4.90 Å². The van der Waals surface area contributed by atoms with Gasteiger partial charge in [0.2, 0.25) is 0 Å². The monoisotopic (exact) mass is 252 g/mol. The molecular formula is C13H17FN2S. The fourth-order valence-electron chi connectivity index (χ4n) is 2.31. The molecule has 1 atom stereocenters. The topological polar surface area (TPSA) is 29.3 Å². The maximum atomic E-state index is 13.4. The van der Waals surface area contributed by atoms with Gasteiger partial charge in [0.1, 0.15) is 10.8 Å². The molecule has 2 N–H and O–H groups in total. The standard InChI is InChI=1S/C13H17FN2S/c1-9-2-3-16(7-9)8-10-4-11(13(15)17)6-12(14)5-10/h4-6,9H,2-3,7-8H2,1H3,(H2,15,17). The first-order valence-electron chi connectivity index (χ1n) is 5.86. The normalized spacial score (nSPS) is 20.7. The molecule has 0 aromatic heterocycles. The number of rotatable bonds is 3. The van der Waals surface area contributed by atoms with E-state index in [1.807, 2.05) is 6.07 Å². The molecule has 0 aliphatic carbocycles. The summed E-state index contributed by atoms with van der Waals surface area (Å²) >= 11 is 4.88. The fourth-order valence-corrected chi connectivity index (χ4v) is 2.43. The highest BCUT2D eigenvalue weighted by Gasteiger charge is 2.18. The molecule has 1 aromatic carbocycles. The summed E-state index contributed by atoms with van der Waals surface area (Å²) in [7, 11) is 0. The van der Waals surface area contributed by atoms with E-state index < -0.39 is 0 Å². The number of nitrogens with two attached hydrogens (primary N) is 1. The quantitative estimate of drug-likeness (QED) is 0.837. The summed E-state index contributed by atoms with van der Waals surface area (Å²) in [5.41, 5.74) is 7.09. The van der Waals surface area contributed by atoms with E-state index >= 15 is 0 Å². The first kappa shape index (κ1) is 12.5. The lowest BCUT2D eigenvalue weighted by molar-refractivity contribution is 0.320. The summed E-state index contributed by atoms with van der Waals surface area (Å²) in [4.78, 5) is 2.59. The van der Waals surface area contributed by atoms with Crippen LogP contribution in [0.25, 0.3) is 0 Å². The third-order valence-corrected chi connectivity index (χ3v) is 3.39. The zero-order chi connectivity index (χ0) is 12.4. The summed E-state index contributed by atoms with van der Waals surface area (Å²) in [6.45, 7) is 5.18. The van der Waals surface area contributed by atoms with Gasteiger partial charge in [-0.15, -0.1) is 0 Å². The van der Waals surface area contributed by atoms with Crippen LogP contribution in [0.5, 0.6) is 0 Å². The fraction of sp³-hybridized carbons (Fsp3) is 0.462. The Morgan fingerprint density at radius 2 is 2.29 bits per heavy atom. The van der Waals surface area contributed by atoms with E-state index in [0.29, 0.717) is 5.56 Å². The predicted octanol–water partition coefficient (Wildman–Crippen LogP) is 2.30. The van der Waals surface area contributed by atoms with Crippen molar-refractivity contribution in [2.45, 2.75) is 19.9 Å². The lowest BCUT2D eigenvalue weighted by Crippen LogP contribution is -2.20. The van der Waals surface area contributed by atoms with E-state index in [9.17, 15) is 4.39 Å². The molecule has 1 unspecified atom stereocenters. The molecule has 1 aliphatic rings. The molecule has 4 heteroatoms. The van der Waals surface area contributed by atoms with Gasteiger partial charge in [0.05, 0.1) is 0 Å². The number of hydrogen-bond donors (Lipinski definition) is 1. The Labute approximate surface area is 107 Å². The largest absolute Gasteiger partial charge is 0.389 e. The predicted molar refractivity (Wildman–Crippen MR) is 71.3 cm³/mol. The van der Waals surface area contributed by atoms with Crippen molar-refractivity contribution in [2.75, 3.05) is 13.1 Å². The lowest BCUT2D eigenvalue weighted by Gasteiger charge is -2.15. The molecular weight excluding hydrogens is 235 g/mol. The zero-order valence-electron chi connectivity index (χ0n) is 9.95. The summed E-state index contributed by atoms with van der Waals surface area (Å²) < 4.78 is 13.4. The van der Waals surface area contributed by atoms with Gasteiger partial charge in [-0.3, -0.25) is 4.90 Å². The molecule has 1 aliphatic heterocycles. The second-order valence-corrected chi connectivity index (χ2v) is 5.28. The Balaban J connectivity index is 2.12. The highest BCUT2D eigenvalue weighted by atomic mass is 32.1. The maximum absolute atomic E-state index is 13.4. The van der Waals surface area contributed by atoms with Gasteiger partial charge in [-0.05, 0) is 42.6 Å². The minimum atomic E-state index is -0.266. The molecule has 2 nitrogen and oxygen atoms in total. The molecule has 0 amide bonds.